The number of hydrogen-bond acceptors (Lipinski definition) is 3. The number of aryl methyl sites for hydroxylation is 1. The van der Waals surface area contributed by atoms with Gasteiger partial charge >= 0.3 is 0 Å². The Morgan fingerprint density at radius 2 is 2.06 bits per heavy atom. The summed E-state index contributed by atoms with van der Waals surface area (Å²) in [4.78, 5) is 2.45. The van der Waals surface area contributed by atoms with E-state index in [1.165, 1.54) is 32.0 Å². The van der Waals surface area contributed by atoms with Crippen LogP contribution in [0.2, 0.25) is 0 Å². The van der Waals surface area contributed by atoms with Crippen LogP contribution in [0.25, 0.3) is 0 Å². The molecule has 3 nitrogen and oxygen atoms in total. The molecule has 2 rings (SSSR count). The second-order valence-electron chi connectivity index (χ2n) is 5.24. The summed E-state index contributed by atoms with van der Waals surface area (Å²) in [5, 5.41) is 3.37. The molecule has 0 saturated carbocycles. The molecule has 1 heterocycles. The Hall–Kier alpha value is -1.29. The fraction of sp³-hybridized carbons (Fsp3) is 0.571. The highest BCUT2D eigenvalue weighted by Crippen LogP contribution is 2.23. The van der Waals surface area contributed by atoms with Gasteiger partial charge in [-0.25, -0.2) is 4.39 Å². The van der Waals surface area contributed by atoms with Crippen LogP contribution < -0.4 is 11.1 Å². The lowest BCUT2D eigenvalue weighted by Gasteiger charge is -2.23. The Morgan fingerprint density at radius 3 is 2.72 bits per heavy atom. The number of nitrogen functional groups attached to an aromatic ring is 1. The Bertz CT molecular complexity index is 414. The molecule has 3 N–H and O–H groups in total. The summed E-state index contributed by atoms with van der Waals surface area (Å²) in [7, 11) is 0. The van der Waals surface area contributed by atoms with E-state index in [-0.39, 0.29) is 5.82 Å². The van der Waals surface area contributed by atoms with Crippen LogP contribution in [-0.2, 0) is 0 Å². The number of anilines is 2. The zero-order valence-corrected chi connectivity index (χ0v) is 11.2. The molecule has 18 heavy (non-hydrogen) atoms. The highest BCUT2D eigenvalue weighted by atomic mass is 19.1. The number of likely N-dealkylation sites (tertiary alicyclic amines) is 1. The van der Waals surface area contributed by atoms with Crippen LogP contribution in [0.3, 0.4) is 0 Å². The van der Waals surface area contributed by atoms with E-state index in [9.17, 15) is 4.39 Å². The Morgan fingerprint density at radius 1 is 1.39 bits per heavy atom. The van der Waals surface area contributed by atoms with Crippen LogP contribution in [0.15, 0.2) is 12.1 Å². The number of hydrogen-bond donors (Lipinski definition) is 2. The molecule has 1 fully saturated rings. The van der Waals surface area contributed by atoms with Crippen LogP contribution >= 0.6 is 0 Å². The van der Waals surface area contributed by atoms with Gasteiger partial charge in [-0.2, -0.15) is 0 Å². The van der Waals surface area contributed by atoms with Gasteiger partial charge in [-0.1, -0.05) is 0 Å². The van der Waals surface area contributed by atoms with E-state index in [0.29, 0.717) is 17.3 Å². The minimum Gasteiger partial charge on any atom is -0.397 e. The lowest BCUT2D eigenvalue weighted by molar-refractivity contribution is 0.328. The number of rotatable bonds is 4. The molecule has 1 aromatic carbocycles. The molecular formula is C14H22FN3. The van der Waals surface area contributed by atoms with Gasteiger partial charge in [0.25, 0.3) is 0 Å². The van der Waals surface area contributed by atoms with E-state index in [4.69, 9.17) is 5.73 Å². The van der Waals surface area contributed by atoms with Crippen molar-refractivity contribution in [3.8, 4) is 0 Å². The highest BCUT2D eigenvalue weighted by Gasteiger charge is 2.15. The van der Waals surface area contributed by atoms with Crippen molar-refractivity contribution in [1.29, 1.82) is 0 Å². The fourth-order valence-electron chi connectivity index (χ4n) is 2.49. The van der Waals surface area contributed by atoms with E-state index in [0.717, 1.165) is 12.2 Å². The first-order valence-electron chi connectivity index (χ1n) is 6.61. The molecule has 0 bridgehead atoms. The van der Waals surface area contributed by atoms with Crippen molar-refractivity contribution in [2.45, 2.75) is 32.7 Å². The Balaban J connectivity index is 1.97. The number of nitrogens with zero attached hydrogens (tertiary/aromatic N) is 1. The number of benzene rings is 1. The zero-order chi connectivity index (χ0) is 13.1. The van der Waals surface area contributed by atoms with E-state index >= 15 is 0 Å². The third kappa shape index (κ3) is 3.13. The lowest BCUT2D eigenvalue weighted by atomic mass is 10.1. The molecule has 4 heteroatoms. The normalized spacial score (nSPS) is 17.9. The van der Waals surface area contributed by atoms with E-state index in [1.54, 1.807) is 13.0 Å². The molecule has 1 aliphatic heterocycles. The summed E-state index contributed by atoms with van der Waals surface area (Å²) >= 11 is 0. The molecule has 1 saturated heterocycles. The van der Waals surface area contributed by atoms with Crippen molar-refractivity contribution < 1.29 is 4.39 Å². The van der Waals surface area contributed by atoms with Crippen molar-refractivity contribution in [2.24, 2.45) is 0 Å². The first kappa shape index (κ1) is 13.1. The van der Waals surface area contributed by atoms with Crippen molar-refractivity contribution >= 4 is 11.4 Å². The maximum Gasteiger partial charge on any atom is 0.128 e. The molecule has 0 spiro atoms. The van der Waals surface area contributed by atoms with Crippen molar-refractivity contribution in [2.75, 3.05) is 30.7 Å². The van der Waals surface area contributed by atoms with E-state index < -0.39 is 0 Å². The monoisotopic (exact) mass is 251 g/mol. The van der Waals surface area contributed by atoms with Gasteiger partial charge in [0.2, 0.25) is 0 Å². The summed E-state index contributed by atoms with van der Waals surface area (Å²) in [5.74, 6) is -0.245. The lowest BCUT2D eigenvalue weighted by Crippen LogP contribution is -2.33. The minimum absolute atomic E-state index is 0.245. The summed E-state index contributed by atoms with van der Waals surface area (Å²) in [5.41, 5.74) is 7.77. The van der Waals surface area contributed by atoms with Gasteiger partial charge in [-0.15, -0.1) is 0 Å². The van der Waals surface area contributed by atoms with Gasteiger partial charge in [0.15, 0.2) is 0 Å². The molecule has 0 amide bonds. The van der Waals surface area contributed by atoms with Crippen LogP contribution in [0.4, 0.5) is 15.8 Å². The highest BCUT2D eigenvalue weighted by molar-refractivity contribution is 5.67. The van der Waals surface area contributed by atoms with Gasteiger partial charge in [0.05, 0.1) is 11.4 Å². The Kier molecular flexibility index (Phi) is 4.07. The summed E-state index contributed by atoms with van der Waals surface area (Å²) in [6.07, 6.45) is 2.59. The van der Waals surface area contributed by atoms with Crippen LogP contribution in [-0.4, -0.2) is 30.6 Å². The molecule has 1 aliphatic rings. The van der Waals surface area contributed by atoms with Gasteiger partial charge < -0.3 is 16.0 Å². The number of nitrogens with two attached hydrogens (primary N) is 1. The molecule has 1 aromatic rings. The molecule has 1 unspecified atom stereocenters. The quantitative estimate of drug-likeness (QED) is 0.808. The van der Waals surface area contributed by atoms with Gasteiger partial charge in [0.1, 0.15) is 5.82 Å². The van der Waals surface area contributed by atoms with Crippen molar-refractivity contribution in [1.82, 2.24) is 4.90 Å². The second kappa shape index (κ2) is 5.57. The van der Waals surface area contributed by atoms with Gasteiger partial charge in [-0.05, 0) is 57.5 Å². The standard InChI is InChI=1S/C14H22FN3/c1-10-7-14(13(16)8-12(10)15)17-11(2)9-18-5-3-4-6-18/h7-8,11,17H,3-6,9,16H2,1-2H3. The maximum atomic E-state index is 13.3. The predicted molar refractivity (Wildman–Crippen MR) is 74.3 cm³/mol. The van der Waals surface area contributed by atoms with Crippen molar-refractivity contribution in [3.05, 3.63) is 23.5 Å². The van der Waals surface area contributed by atoms with Gasteiger partial charge in [-0.3, -0.25) is 0 Å². The molecule has 100 valence electrons. The third-order valence-electron chi connectivity index (χ3n) is 3.46. The smallest absolute Gasteiger partial charge is 0.128 e. The summed E-state index contributed by atoms with van der Waals surface area (Å²) in [6, 6.07) is 3.49. The molecular weight excluding hydrogens is 229 g/mol. The molecule has 1 atom stereocenters. The van der Waals surface area contributed by atoms with E-state index in [2.05, 4.69) is 17.1 Å². The van der Waals surface area contributed by atoms with Crippen LogP contribution in [0.5, 0.6) is 0 Å². The average Bonchev–Trinajstić information content (AvgIpc) is 2.78. The first-order chi connectivity index (χ1) is 8.56. The Labute approximate surface area is 108 Å². The summed E-state index contributed by atoms with van der Waals surface area (Å²) < 4.78 is 13.3. The van der Waals surface area contributed by atoms with Crippen molar-refractivity contribution in [3.63, 3.8) is 0 Å². The molecule has 0 aromatic heterocycles. The predicted octanol–water partition coefficient (Wildman–Crippen LogP) is 2.61. The minimum atomic E-state index is -0.245. The number of halogens is 1. The number of nitrogens with one attached hydrogen (secondary N) is 1. The molecule has 0 radical (unpaired) electrons. The fourth-order valence-corrected chi connectivity index (χ4v) is 2.49. The molecule has 0 aliphatic carbocycles. The van der Waals surface area contributed by atoms with E-state index in [1.807, 2.05) is 0 Å². The van der Waals surface area contributed by atoms with Crippen LogP contribution in [0.1, 0.15) is 25.3 Å². The average molecular weight is 251 g/mol. The SMILES string of the molecule is Cc1cc(NC(C)CN2CCCC2)c(N)cc1F. The topological polar surface area (TPSA) is 41.3 Å². The third-order valence-corrected chi connectivity index (χ3v) is 3.46. The van der Waals surface area contributed by atoms with Crippen LogP contribution in [0, 0.1) is 12.7 Å². The second-order valence-corrected chi connectivity index (χ2v) is 5.24. The largest absolute Gasteiger partial charge is 0.397 e. The van der Waals surface area contributed by atoms with Gasteiger partial charge in [0, 0.05) is 12.6 Å². The first-order valence-corrected chi connectivity index (χ1v) is 6.61. The summed E-state index contributed by atoms with van der Waals surface area (Å²) in [6.45, 7) is 7.27. The maximum absolute atomic E-state index is 13.3. The zero-order valence-electron chi connectivity index (χ0n) is 11.2.